The summed E-state index contributed by atoms with van der Waals surface area (Å²) in [4.78, 5) is 0. The van der Waals surface area contributed by atoms with Crippen LogP contribution >= 0.6 is 0 Å². The van der Waals surface area contributed by atoms with Crippen molar-refractivity contribution in [3.63, 3.8) is 0 Å². The van der Waals surface area contributed by atoms with Gasteiger partial charge in [0.1, 0.15) is 23.0 Å². The highest BCUT2D eigenvalue weighted by molar-refractivity contribution is 5.84. The number of nitrogen functional groups attached to an aromatic ring is 2. The minimum absolute atomic E-state index is 0.175. The Morgan fingerprint density at radius 1 is 0.521 bits per heavy atom. The maximum atomic E-state index is 6.72. The van der Waals surface area contributed by atoms with Crippen molar-refractivity contribution in [2.75, 3.05) is 37.9 Å². The zero-order valence-electron chi connectivity index (χ0n) is 28.2. The van der Waals surface area contributed by atoms with E-state index in [4.69, 9.17) is 39.9 Å². The lowest BCUT2D eigenvalue weighted by Crippen LogP contribution is -2.15. The van der Waals surface area contributed by atoms with Gasteiger partial charge >= 0.3 is 0 Å². The first-order valence-corrected chi connectivity index (χ1v) is 17.1. The molecule has 4 aromatic carbocycles. The molecule has 250 valence electrons. The van der Waals surface area contributed by atoms with E-state index >= 15 is 0 Å². The third-order valence-corrected chi connectivity index (χ3v) is 10.1. The highest BCUT2D eigenvalue weighted by Crippen LogP contribution is 2.50. The first kappa shape index (κ1) is 31.2. The first-order chi connectivity index (χ1) is 23.2. The average Bonchev–Trinajstić information content (AvgIpc) is 3.85. The van der Waals surface area contributed by atoms with Gasteiger partial charge in [0.25, 0.3) is 0 Å². The number of hydrogen-bond acceptors (Lipinski definition) is 8. The molecule has 4 unspecified atom stereocenters. The van der Waals surface area contributed by atoms with Crippen LogP contribution < -0.4 is 20.9 Å². The Morgan fingerprint density at radius 3 is 1.06 bits per heavy atom. The van der Waals surface area contributed by atoms with E-state index in [1.165, 1.54) is 33.4 Å². The summed E-state index contributed by atoms with van der Waals surface area (Å²) in [5.74, 6) is 3.21. The molecular formula is C40H44N2O6. The SMILES string of the molecule is Cc1c(CC2CO2)c(-c2c(CC3CO3)c(C)c(Oc3cccc(N)c3)c(C)c2CC2CO2)c(CC2CO2)c(C)c1Oc1cccc(N)c1. The molecule has 4 atom stereocenters. The predicted molar refractivity (Wildman–Crippen MR) is 186 cm³/mol. The van der Waals surface area contributed by atoms with Gasteiger partial charge < -0.3 is 39.9 Å². The van der Waals surface area contributed by atoms with E-state index in [1.54, 1.807) is 0 Å². The highest BCUT2D eigenvalue weighted by atomic mass is 16.6. The number of epoxide rings is 4. The van der Waals surface area contributed by atoms with Crippen LogP contribution in [0, 0.1) is 27.7 Å². The van der Waals surface area contributed by atoms with Gasteiger partial charge in [0.15, 0.2) is 0 Å². The molecule has 4 aliphatic heterocycles. The Balaban J connectivity index is 1.39. The van der Waals surface area contributed by atoms with Crippen molar-refractivity contribution < 1.29 is 28.4 Å². The summed E-state index contributed by atoms with van der Waals surface area (Å²) in [7, 11) is 0. The van der Waals surface area contributed by atoms with Gasteiger partial charge in [-0.3, -0.25) is 0 Å². The highest BCUT2D eigenvalue weighted by Gasteiger charge is 2.37. The number of anilines is 2. The Kier molecular flexibility index (Phi) is 8.08. The fourth-order valence-corrected chi connectivity index (χ4v) is 7.20. The van der Waals surface area contributed by atoms with E-state index in [1.807, 2.05) is 48.5 Å². The fourth-order valence-electron chi connectivity index (χ4n) is 7.20. The molecule has 4 N–H and O–H groups in total. The van der Waals surface area contributed by atoms with E-state index in [9.17, 15) is 0 Å². The van der Waals surface area contributed by atoms with Gasteiger partial charge in [0.05, 0.1) is 50.8 Å². The third-order valence-electron chi connectivity index (χ3n) is 10.1. The molecule has 48 heavy (non-hydrogen) atoms. The number of ether oxygens (including phenoxy) is 6. The monoisotopic (exact) mass is 648 g/mol. The van der Waals surface area contributed by atoms with Crippen LogP contribution in [0.15, 0.2) is 48.5 Å². The number of benzene rings is 4. The average molecular weight is 649 g/mol. The van der Waals surface area contributed by atoms with Crippen molar-refractivity contribution in [3.8, 4) is 34.1 Å². The molecule has 8 nitrogen and oxygen atoms in total. The van der Waals surface area contributed by atoms with Gasteiger partial charge in [-0.2, -0.15) is 0 Å². The summed E-state index contributed by atoms with van der Waals surface area (Å²) in [6, 6.07) is 15.3. The third kappa shape index (κ3) is 6.50. The molecule has 0 aliphatic carbocycles. The lowest BCUT2D eigenvalue weighted by Gasteiger charge is -2.29. The molecule has 0 aromatic heterocycles. The van der Waals surface area contributed by atoms with Gasteiger partial charge in [0.2, 0.25) is 0 Å². The second kappa shape index (κ2) is 12.4. The van der Waals surface area contributed by atoms with E-state index in [2.05, 4.69) is 27.7 Å². The Hall–Kier alpha value is -4.08. The van der Waals surface area contributed by atoms with Gasteiger partial charge in [-0.1, -0.05) is 12.1 Å². The van der Waals surface area contributed by atoms with Crippen LogP contribution in [0.4, 0.5) is 11.4 Å². The van der Waals surface area contributed by atoms with Crippen molar-refractivity contribution in [1.82, 2.24) is 0 Å². The van der Waals surface area contributed by atoms with Crippen LogP contribution in [0.25, 0.3) is 11.1 Å². The lowest BCUT2D eigenvalue weighted by atomic mass is 9.77. The fraction of sp³-hybridized carbons (Fsp3) is 0.400. The summed E-state index contributed by atoms with van der Waals surface area (Å²) >= 11 is 0. The maximum Gasteiger partial charge on any atom is 0.133 e. The lowest BCUT2D eigenvalue weighted by molar-refractivity contribution is 0.403. The molecular weight excluding hydrogens is 604 g/mol. The Bertz CT molecular complexity index is 1670. The minimum atomic E-state index is 0.175. The maximum absolute atomic E-state index is 6.72. The van der Waals surface area contributed by atoms with Crippen molar-refractivity contribution in [1.29, 1.82) is 0 Å². The minimum Gasteiger partial charge on any atom is -0.457 e. The zero-order chi connectivity index (χ0) is 33.1. The predicted octanol–water partition coefficient (Wildman–Crippen LogP) is 7.10. The van der Waals surface area contributed by atoms with Crippen LogP contribution in [-0.4, -0.2) is 50.8 Å². The van der Waals surface area contributed by atoms with Gasteiger partial charge in [-0.05, 0) is 108 Å². The molecule has 4 aromatic rings. The van der Waals surface area contributed by atoms with Gasteiger partial charge in [-0.25, -0.2) is 0 Å². The first-order valence-electron chi connectivity index (χ1n) is 17.1. The summed E-state index contributed by atoms with van der Waals surface area (Å²) in [5.41, 5.74) is 25.8. The Labute approximate surface area is 282 Å². The van der Waals surface area contributed by atoms with Crippen LogP contribution in [0.3, 0.4) is 0 Å². The molecule has 0 spiro atoms. The summed E-state index contributed by atoms with van der Waals surface area (Å²) in [6.07, 6.45) is 3.89. The molecule has 0 saturated carbocycles. The smallest absolute Gasteiger partial charge is 0.133 e. The van der Waals surface area contributed by atoms with Crippen molar-refractivity contribution in [2.24, 2.45) is 0 Å². The van der Waals surface area contributed by atoms with E-state index < -0.39 is 0 Å². The van der Waals surface area contributed by atoms with Gasteiger partial charge in [0, 0.05) is 49.2 Å². The van der Waals surface area contributed by atoms with Gasteiger partial charge in [-0.15, -0.1) is 0 Å². The largest absolute Gasteiger partial charge is 0.457 e. The van der Waals surface area contributed by atoms with Crippen LogP contribution in [0.1, 0.15) is 44.5 Å². The van der Waals surface area contributed by atoms with Crippen LogP contribution in [0.5, 0.6) is 23.0 Å². The summed E-state index contributed by atoms with van der Waals surface area (Å²) in [6.45, 7) is 11.8. The number of nitrogens with two attached hydrogens (primary N) is 2. The Morgan fingerprint density at radius 2 is 0.812 bits per heavy atom. The summed E-state index contributed by atoms with van der Waals surface area (Å²) < 4.78 is 37.0. The van der Waals surface area contributed by atoms with E-state index in [0.717, 1.165) is 97.4 Å². The van der Waals surface area contributed by atoms with E-state index in [-0.39, 0.29) is 24.4 Å². The molecule has 4 saturated heterocycles. The molecule has 0 bridgehead atoms. The quantitative estimate of drug-likeness (QED) is 0.116. The molecule has 4 aliphatic rings. The van der Waals surface area contributed by atoms with Crippen molar-refractivity contribution >= 4 is 11.4 Å². The second-order valence-corrected chi connectivity index (χ2v) is 13.8. The molecule has 4 fully saturated rings. The normalized spacial score (nSPS) is 22.0. The second-order valence-electron chi connectivity index (χ2n) is 13.8. The standard InChI is InChI=1S/C40H44N2O6/c1-21-33(13-29-17-43-29)37(34(14-30-18-44-30)22(2)39(21)47-27-9-5-7-25(41)11-27)38-35(15-31-19-45-31)23(3)40(24(4)36(38)16-32-20-46-32)48-28-10-6-8-26(42)12-28/h5-12,29-32H,13-20,41-42H2,1-4H3. The van der Waals surface area contributed by atoms with Crippen molar-refractivity contribution in [3.05, 3.63) is 93.0 Å². The van der Waals surface area contributed by atoms with Crippen molar-refractivity contribution in [2.45, 2.75) is 77.8 Å². The number of hydrogen-bond donors (Lipinski definition) is 2. The molecule has 0 amide bonds. The molecule has 4 heterocycles. The van der Waals surface area contributed by atoms with E-state index in [0.29, 0.717) is 11.4 Å². The molecule has 8 heteroatoms. The molecule has 8 rings (SSSR count). The molecule has 0 radical (unpaired) electrons. The van der Waals surface area contributed by atoms with Crippen LogP contribution in [-0.2, 0) is 44.6 Å². The number of rotatable bonds is 13. The topological polar surface area (TPSA) is 121 Å². The zero-order valence-corrected chi connectivity index (χ0v) is 28.2. The summed E-state index contributed by atoms with van der Waals surface area (Å²) in [5, 5.41) is 0. The van der Waals surface area contributed by atoms with Crippen LogP contribution in [0.2, 0.25) is 0 Å².